The highest BCUT2D eigenvalue weighted by Crippen LogP contribution is 2.33. The number of anilines is 3. The first-order valence-electron chi connectivity index (χ1n) is 21.0. The molecule has 4 aliphatic heterocycles. The molecule has 0 saturated carbocycles. The molecule has 0 bridgehead atoms. The van der Waals surface area contributed by atoms with Crippen LogP contribution in [0.4, 0.5) is 26.0 Å². The third-order valence-electron chi connectivity index (χ3n) is 12.6. The van der Waals surface area contributed by atoms with Crippen LogP contribution in [-0.2, 0) is 33.8 Å². The Morgan fingerprint density at radius 2 is 1.70 bits per heavy atom. The Labute approximate surface area is 351 Å². The summed E-state index contributed by atoms with van der Waals surface area (Å²) in [5.74, 6) is -2.11. The van der Waals surface area contributed by atoms with E-state index in [4.69, 9.17) is 4.74 Å². The zero-order chi connectivity index (χ0) is 42.2. The molecule has 1 aromatic heterocycles. The molecule has 316 valence electrons. The van der Waals surface area contributed by atoms with Crippen molar-refractivity contribution in [3.8, 4) is 0 Å². The summed E-state index contributed by atoms with van der Waals surface area (Å²) in [6.07, 6.45) is 4.33. The number of halogens is 2. The quantitative estimate of drug-likeness (QED) is 0.115. The van der Waals surface area contributed by atoms with Gasteiger partial charge < -0.3 is 25.2 Å². The van der Waals surface area contributed by atoms with Gasteiger partial charge in [0, 0.05) is 86.3 Å². The molecule has 15 heteroatoms. The minimum Gasteiger partial charge on any atom is -0.381 e. The zero-order valence-electron chi connectivity index (χ0n) is 33.9. The molecule has 1 unspecified atom stereocenters. The fraction of sp³-hybridized carbons (Fsp3) is 0.370. The first kappa shape index (κ1) is 40.2. The molecular weight excluding hydrogens is 783 g/mol. The Morgan fingerprint density at radius 1 is 0.918 bits per heavy atom. The van der Waals surface area contributed by atoms with Crippen molar-refractivity contribution in [1.82, 2.24) is 25.3 Å². The van der Waals surface area contributed by atoms with E-state index in [1.165, 1.54) is 12.1 Å². The monoisotopic (exact) mass is 830 g/mol. The third kappa shape index (κ3) is 8.57. The van der Waals surface area contributed by atoms with Crippen molar-refractivity contribution in [2.45, 2.75) is 76.2 Å². The number of carbonyl (C=O) groups excluding carboxylic acids is 4. The van der Waals surface area contributed by atoms with Gasteiger partial charge in [0.2, 0.25) is 11.8 Å². The maximum atomic E-state index is 14.1. The lowest BCUT2D eigenvalue weighted by Crippen LogP contribution is -2.52. The summed E-state index contributed by atoms with van der Waals surface area (Å²) in [7, 11) is 2.12. The van der Waals surface area contributed by atoms with Crippen LogP contribution in [-0.4, -0.2) is 95.1 Å². The van der Waals surface area contributed by atoms with Crippen LogP contribution in [0.15, 0.2) is 72.8 Å². The number of nitrogens with one attached hydrogen (secondary N) is 4. The molecule has 61 heavy (non-hydrogen) atoms. The molecule has 5 aromatic rings. The summed E-state index contributed by atoms with van der Waals surface area (Å²) in [6, 6.07) is 20.5. The standard InChI is InChI=1S/C46H48F2N8O5/c1-54(25-29-3-2-4-35-38(29)26-56(46(35)60)41-9-10-42(57)50-45(41)59)33-11-15-55(16-12-33)34-6-7-36(40(24-34)49-32-13-17-61-18-14-32)44(58)51-43-37-22-27(5-8-39(37)52-53-43)19-28-20-30(47)23-31(48)21-28/h2-8,20-24,32-33,41,49H,9-19,25-26H2,1H3,(H,50,57,59)(H2,51,52,53,58). The Kier molecular flexibility index (Phi) is 11.2. The second-order valence-electron chi connectivity index (χ2n) is 16.6. The van der Waals surface area contributed by atoms with Crippen LogP contribution in [0, 0.1) is 11.6 Å². The van der Waals surface area contributed by atoms with E-state index in [0.717, 1.165) is 72.9 Å². The van der Waals surface area contributed by atoms with Crippen molar-refractivity contribution in [3.63, 3.8) is 0 Å². The van der Waals surface area contributed by atoms with Gasteiger partial charge in [0.1, 0.15) is 17.7 Å². The number of H-pyrrole nitrogens is 1. The molecule has 4 aromatic carbocycles. The Bertz CT molecular complexity index is 2490. The van der Waals surface area contributed by atoms with Crippen LogP contribution in [0.3, 0.4) is 0 Å². The summed E-state index contributed by atoms with van der Waals surface area (Å²) in [5, 5.41) is 17.1. The van der Waals surface area contributed by atoms with E-state index in [-0.39, 0.29) is 30.2 Å². The number of carbonyl (C=O) groups is 4. The maximum Gasteiger partial charge on any atom is 0.258 e. The van der Waals surface area contributed by atoms with E-state index >= 15 is 0 Å². The van der Waals surface area contributed by atoms with Gasteiger partial charge in [-0.15, -0.1) is 0 Å². The van der Waals surface area contributed by atoms with Crippen LogP contribution in [0.2, 0.25) is 0 Å². The van der Waals surface area contributed by atoms with Gasteiger partial charge in [0.25, 0.3) is 11.8 Å². The summed E-state index contributed by atoms with van der Waals surface area (Å²) in [6.45, 7) is 3.92. The fourth-order valence-corrected chi connectivity index (χ4v) is 9.26. The molecule has 4 amide bonds. The number of ether oxygens (including phenoxy) is 1. The summed E-state index contributed by atoms with van der Waals surface area (Å²) in [5.41, 5.74) is 6.89. The van der Waals surface area contributed by atoms with Crippen LogP contribution in [0.5, 0.6) is 0 Å². The lowest BCUT2D eigenvalue weighted by atomic mass is 9.99. The molecule has 5 heterocycles. The number of benzene rings is 4. The molecule has 4 N–H and O–H groups in total. The molecule has 13 nitrogen and oxygen atoms in total. The number of aromatic amines is 1. The first-order chi connectivity index (χ1) is 29.6. The predicted octanol–water partition coefficient (Wildman–Crippen LogP) is 6.14. The van der Waals surface area contributed by atoms with Crippen molar-refractivity contribution in [1.29, 1.82) is 0 Å². The molecule has 1 atom stereocenters. The Hall–Kier alpha value is -6.19. The average molecular weight is 831 g/mol. The third-order valence-corrected chi connectivity index (χ3v) is 12.6. The lowest BCUT2D eigenvalue weighted by Gasteiger charge is -2.38. The molecule has 3 saturated heterocycles. The zero-order valence-corrected chi connectivity index (χ0v) is 33.9. The van der Waals surface area contributed by atoms with E-state index in [1.54, 1.807) is 4.90 Å². The van der Waals surface area contributed by atoms with Gasteiger partial charge in [0.05, 0.1) is 11.1 Å². The SMILES string of the molecule is CN(Cc1cccc2c1CN(C1CCC(=O)NC1=O)C2=O)C1CCN(c2ccc(C(=O)Nc3n[nH]c4ccc(Cc5cc(F)cc(F)c5)cc34)c(NC3CCOCC3)c2)CC1. The highest BCUT2D eigenvalue weighted by atomic mass is 19.1. The van der Waals surface area contributed by atoms with E-state index in [2.05, 4.69) is 55.1 Å². The maximum absolute atomic E-state index is 14.1. The van der Waals surface area contributed by atoms with Gasteiger partial charge >= 0.3 is 0 Å². The smallest absolute Gasteiger partial charge is 0.258 e. The molecule has 3 fully saturated rings. The molecule has 0 spiro atoms. The van der Waals surface area contributed by atoms with Crippen molar-refractivity contribution >= 4 is 51.7 Å². The second-order valence-corrected chi connectivity index (χ2v) is 16.6. The van der Waals surface area contributed by atoms with E-state index in [9.17, 15) is 28.0 Å². The largest absolute Gasteiger partial charge is 0.381 e. The number of piperidine rings is 2. The number of hydrogen-bond donors (Lipinski definition) is 4. The van der Waals surface area contributed by atoms with E-state index in [1.807, 2.05) is 42.5 Å². The minimum atomic E-state index is -0.649. The minimum absolute atomic E-state index is 0.141. The number of rotatable bonds is 11. The molecule has 0 aliphatic carbocycles. The molecule has 4 aliphatic rings. The predicted molar refractivity (Wildman–Crippen MR) is 226 cm³/mol. The average Bonchev–Trinajstić information content (AvgIpc) is 3.80. The highest BCUT2D eigenvalue weighted by Gasteiger charge is 2.40. The molecular formula is C46H48F2N8O5. The summed E-state index contributed by atoms with van der Waals surface area (Å²) < 4.78 is 33.4. The van der Waals surface area contributed by atoms with Crippen molar-refractivity contribution in [2.24, 2.45) is 0 Å². The molecule has 0 radical (unpaired) electrons. The first-order valence-corrected chi connectivity index (χ1v) is 21.0. The lowest BCUT2D eigenvalue weighted by molar-refractivity contribution is -0.136. The van der Waals surface area contributed by atoms with Crippen LogP contribution in [0.25, 0.3) is 10.9 Å². The highest BCUT2D eigenvalue weighted by molar-refractivity contribution is 6.11. The van der Waals surface area contributed by atoms with Crippen LogP contribution >= 0.6 is 0 Å². The van der Waals surface area contributed by atoms with Gasteiger partial charge in [-0.1, -0.05) is 18.2 Å². The van der Waals surface area contributed by atoms with Gasteiger partial charge in [-0.3, -0.25) is 34.5 Å². The van der Waals surface area contributed by atoms with Crippen molar-refractivity contribution < 1.29 is 32.7 Å². The number of nitrogens with zero attached hydrogens (tertiary/aromatic N) is 4. The van der Waals surface area contributed by atoms with Gasteiger partial charge in [-0.05, 0) is 116 Å². The topological polar surface area (TPSA) is 152 Å². The van der Waals surface area contributed by atoms with Gasteiger partial charge in [-0.2, -0.15) is 5.10 Å². The van der Waals surface area contributed by atoms with Gasteiger partial charge in [0.15, 0.2) is 5.82 Å². The second kappa shape index (κ2) is 17.1. The van der Waals surface area contributed by atoms with Crippen molar-refractivity contribution in [2.75, 3.05) is 48.9 Å². The summed E-state index contributed by atoms with van der Waals surface area (Å²) in [4.78, 5) is 58.1. The number of imide groups is 1. The number of hydrogen-bond acceptors (Lipinski definition) is 9. The van der Waals surface area contributed by atoms with Crippen molar-refractivity contribution in [3.05, 3.63) is 118 Å². The number of amides is 4. The Morgan fingerprint density at radius 3 is 2.48 bits per heavy atom. The fourth-order valence-electron chi connectivity index (χ4n) is 9.26. The summed E-state index contributed by atoms with van der Waals surface area (Å²) >= 11 is 0. The van der Waals surface area contributed by atoms with Crippen LogP contribution < -0.4 is 20.9 Å². The Balaban J connectivity index is 0.873. The normalized spacial score (nSPS) is 18.8. The number of aromatic nitrogens is 2. The molecule has 9 rings (SSSR count). The van der Waals surface area contributed by atoms with E-state index < -0.39 is 23.6 Å². The van der Waals surface area contributed by atoms with Crippen LogP contribution in [0.1, 0.15) is 81.5 Å². The van der Waals surface area contributed by atoms with Gasteiger partial charge in [-0.25, -0.2) is 8.78 Å². The number of fused-ring (bicyclic) bond motifs is 2. The van der Waals surface area contributed by atoms with E-state index in [0.29, 0.717) is 78.6 Å².